The van der Waals surface area contributed by atoms with Crippen LogP contribution >= 0.6 is 0 Å². The zero-order valence-electron chi connectivity index (χ0n) is 11.8. The summed E-state index contributed by atoms with van der Waals surface area (Å²) in [5.41, 5.74) is 7.21. The molecule has 0 bridgehead atoms. The summed E-state index contributed by atoms with van der Waals surface area (Å²) in [6.07, 6.45) is 1.75. The van der Waals surface area contributed by atoms with Crippen LogP contribution in [-0.2, 0) is 0 Å². The standard InChI is InChI=1S/C15H13N5O2/c1-9-18-19-13-8-11(6-7-20(9)13)15(22)17-12-4-2-10(3-5-12)14(16)21/h2-8H,1H3,(H2,16,21)(H,17,22). The lowest BCUT2D eigenvalue weighted by Crippen LogP contribution is -2.13. The Bertz CT molecular complexity index is 867. The number of fused-ring (bicyclic) bond motifs is 1. The Balaban J connectivity index is 1.81. The van der Waals surface area contributed by atoms with Gasteiger partial charge in [0.25, 0.3) is 5.91 Å². The van der Waals surface area contributed by atoms with E-state index < -0.39 is 5.91 Å². The SMILES string of the molecule is Cc1nnc2cc(C(=O)Nc3ccc(C(N)=O)cc3)ccn12. The van der Waals surface area contributed by atoms with E-state index in [9.17, 15) is 9.59 Å². The van der Waals surface area contributed by atoms with Crippen LogP contribution in [0.15, 0.2) is 42.6 Å². The molecule has 3 N–H and O–H groups in total. The minimum Gasteiger partial charge on any atom is -0.366 e. The van der Waals surface area contributed by atoms with Crippen LogP contribution in [0.4, 0.5) is 5.69 Å². The van der Waals surface area contributed by atoms with Gasteiger partial charge in [-0.25, -0.2) is 0 Å². The van der Waals surface area contributed by atoms with E-state index >= 15 is 0 Å². The third-order valence-electron chi connectivity index (χ3n) is 3.27. The molecule has 2 heterocycles. The lowest BCUT2D eigenvalue weighted by atomic mass is 10.2. The molecule has 0 atom stereocenters. The number of aromatic nitrogens is 3. The summed E-state index contributed by atoms with van der Waals surface area (Å²) in [4.78, 5) is 23.2. The number of nitrogens with two attached hydrogens (primary N) is 1. The molecule has 0 spiro atoms. The number of benzene rings is 1. The molecule has 0 fully saturated rings. The van der Waals surface area contributed by atoms with Gasteiger partial charge in [0.15, 0.2) is 5.65 Å². The van der Waals surface area contributed by atoms with E-state index in [0.29, 0.717) is 22.5 Å². The molecule has 1 aromatic carbocycles. The maximum absolute atomic E-state index is 12.2. The van der Waals surface area contributed by atoms with Crippen molar-refractivity contribution >= 4 is 23.1 Å². The minimum atomic E-state index is -0.509. The molecule has 0 aliphatic rings. The normalized spacial score (nSPS) is 10.6. The molecule has 3 rings (SSSR count). The van der Waals surface area contributed by atoms with E-state index in [1.54, 1.807) is 47.0 Å². The highest BCUT2D eigenvalue weighted by molar-refractivity contribution is 6.05. The van der Waals surface area contributed by atoms with E-state index in [1.807, 2.05) is 6.92 Å². The van der Waals surface area contributed by atoms with Crippen LogP contribution in [-0.4, -0.2) is 26.4 Å². The zero-order valence-corrected chi connectivity index (χ0v) is 11.8. The molecule has 2 aromatic heterocycles. The van der Waals surface area contributed by atoms with Crippen molar-refractivity contribution in [1.82, 2.24) is 14.6 Å². The summed E-state index contributed by atoms with van der Waals surface area (Å²) < 4.78 is 1.79. The van der Waals surface area contributed by atoms with Gasteiger partial charge >= 0.3 is 0 Å². The van der Waals surface area contributed by atoms with Crippen molar-refractivity contribution in [3.63, 3.8) is 0 Å². The number of hydrogen-bond acceptors (Lipinski definition) is 4. The number of amides is 2. The van der Waals surface area contributed by atoms with Crippen molar-refractivity contribution in [2.45, 2.75) is 6.92 Å². The first-order valence-corrected chi connectivity index (χ1v) is 6.57. The fourth-order valence-electron chi connectivity index (χ4n) is 2.07. The molecule has 0 saturated carbocycles. The van der Waals surface area contributed by atoms with Gasteiger partial charge in [0, 0.05) is 23.0 Å². The molecule has 0 aliphatic heterocycles. The fraction of sp³-hybridized carbons (Fsp3) is 0.0667. The topological polar surface area (TPSA) is 102 Å². The number of nitrogens with one attached hydrogen (secondary N) is 1. The van der Waals surface area contributed by atoms with Gasteiger partial charge in [-0.2, -0.15) is 0 Å². The average Bonchev–Trinajstić information content (AvgIpc) is 2.88. The Kier molecular flexibility index (Phi) is 3.30. The van der Waals surface area contributed by atoms with E-state index in [-0.39, 0.29) is 5.91 Å². The Morgan fingerprint density at radius 2 is 1.82 bits per heavy atom. The van der Waals surface area contributed by atoms with Crippen molar-refractivity contribution in [2.24, 2.45) is 5.73 Å². The molecule has 7 nitrogen and oxygen atoms in total. The molecule has 0 aliphatic carbocycles. The van der Waals surface area contributed by atoms with Gasteiger partial charge in [-0.15, -0.1) is 10.2 Å². The van der Waals surface area contributed by atoms with Crippen LogP contribution < -0.4 is 11.1 Å². The summed E-state index contributed by atoms with van der Waals surface area (Å²) in [5, 5.41) is 10.7. The summed E-state index contributed by atoms with van der Waals surface area (Å²) in [6, 6.07) is 9.71. The van der Waals surface area contributed by atoms with Gasteiger partial charge in [0.1, 0.15) is 5.82 Å². The van der Waals surface area contributed by atoms with E-state index in [1.165, 1.54) is 0 Å². The summed E-state index contributed by atoms with van der Waals surface area (Å²) in [7, 11) is 0. The second kappa shape index (κ2) is 5.28. The Morgan fingerprint density at radius 1 is 1.09 bits per heavy atom. The largest absolute Gasteiger partial charge is 0.366 e. The number of carbonyl (C=O) groups excluding carboxylic acids is 2. The quantitative estimate of drug-likeness (QED) is 0.762. The number of anilines is 1. The molecule has 110 valence electrons. The van der Waals surface area contributed by atoms with Crippen LogP contribution in [0.3, 0.4) is 0 Å². The van der Waals surface area contributed by atoms with E-state index in [0.717, 1.165) is 5.82 Å². The van der Waals surface area contributed by atoms with Crippen molar-refractivity contribution in [3.05, 3.63) is 59.5 Å². The second-order valence-corrected chi connectivity index (χ2v) is 4.79. The summed E-state index contributed by atoms with van der Waals surface area (Å²) in [5.74, 6) is -0.0236. The fourth-order valence-corrected chi connectivity index (χ4v) is 2.07. The predicted octanol–water partition coefficient (Wildman–Crippen LogP) is 1.39. The summed E-state index contributed by atoms with van der Waals surface area (Å²) in [6.45, 7) is 1.83. The van der Waals surface area contributed by atoms with Gasteiger partial charge in [0.2, 0.25) is 5.91 Å². The average molecular weight is 295 g/mol. The smallest absolute Gasteiger partial charge is 0.255 e. The van der Waals surface area contributed by atoms with Crippen molar-refractivity contribution < 1.29 is 9.59 Å². The van der Waals surface area contributed by atoms with Gasteiger partial charge in [-0.3, -0.25) is 14.0 Å². The second-order valence-electron chi connectivity index (χ2n) is 4.79. The number of rotatable bonds is 3. The Labute approximate surface area is 125 Å². The van der Waals surface area contributed by atoms with Gasteiger partial charge in [0.05, 0.1) is 0 Å². The number of nitrogens with zero attached hydrogens (tertiary/aromatic N) is 3. The minimum absolute atomic E-state index is 0.269. The molecule has 3 aromatic rings. The first kappa shape index (κ1) is 13.7. The van der Waals surface area contributed by atoms with Crippen molar-refractivity contribution in [2.75, 3.05) is 5.32 Å². The zero-order chi connectivity index (χ0) is 15.7. The van der Waals surface area contributed by atoms with E-state index in [4.69, 9.17) is 5.73 Å². The molecule has 0 unspecified atom stereocenters. The first-order valence-electron chi connectivity index (χ1n) is 6.57. The Morgan fingerprint density at radius 3 is 2.50 bits per heavy atom. The highest BCUT2D eigenvalue weighted by Crippen LogP contribution is 2.12. The lowest BCUT2D eigenvalue weighted by Gasteiger charge is -2.06. The van der Waals surface area contributed by atoms with E-state index in [2.05, 4.69) is 15.5 Å². The monoisotopic (exact) mass is 295 g/mol. The van der Waals surface area contributed by atoms with Gasteiger partial charge in [-0.05, 0) is 43.3 Å². The van der Waals surface area contributed by atoms with Gasteiger partial charge in [-0.1, -0.05) is 0 Å². The first-order chi connectivity index (χ1) is 10.5. The van der Waals surface area contributed by atoms with Crippen molar-refractivity contribution in [3.8, 4) is 0 Å². The number of aryl methyl sites for hydroxylation is 1. The van der Waals surface area contributed by atoms with Crippen molar-refractivity contribution in [1.29, 1.82) is 0 Å². The Hall–Kier alpha value is -3.22. The number of hydrogen-bond donors (Lipinski definition) is 2. The number of pyridine rings is 1. The van der Waals surface area contributed by atoms with Crippen LogP contribution in [0, 0.1) is 6.92 Å². The molecule has 22 heavy (non-hydrogen) atoms. The number of carbonyl (C=O) groups is 2. The maximum atomic E-state index is 12.2. The maximum Gasteiger partial charge on any atom is 0.255 e. The van der Waals surface area contributed by atoms with Crippen LogP contribution in [0.5, 0.6) is 0 Å². The highest BCUT2D eigenvalue weighted by Gasteiger charge is 2.09. The van der Waals surface area contributed by atoms with Crippen LogP contribution in [0.2, 0.25) is 0 Å². The third kappa shape index (κ3) is 2.51. The lowest BCUT2D eigenvalue weighted by molar-refractivity contribution is 0.0998. The van der Waals surface area contributed by atoms with Gasteiger partial charge < -0.3 is 11.1 Å². The third-order valence-corrected chi connectivity index (χ3v) is 3.27. The molecule has 7 heteroatoms. The molecule has 0 saturated heterocycles. The molecule has 2 amide bonds. The molecule has 0 radical (unpaired) electrons. The summed E-state index contributed by atoms with van der Waals surface area (Å²) >= 11 is 0. The molecular weight excluding hydrogens is 282 g/mol. The van der Waals surface area contributed by atoms with Crippen LogP contribution in [0.1, 0.15) is 26.5 Å². The molecular formula is C15H13N5O2. The predicted molar refractivity (Wildman–Crippen MR) is 80.6 cm³/mol. The van der Waals surface area contributed by atoms with Crippen LogP contribution in [0.25, 0.3) is 5.65 Å². The highest BCUT2D eigenvalue weighted by atomic mass is 16.2. The number of primary amides is 1.